The Hall–Kier alpha value is -3.08. The fourth-order valence-corrected chi connectivity index (χ4v) is 4.44. The Kier molecular flexibility index (Phi) is 7.16. The summed E-state index contributed by atoms with van der Waals surface area (Å²) < 4.78 is 27.7. The van der Waals surface area contributed by atoms with E-state index in [1.807, 2.05) is 0 Å². The van der Waals surface area contributed by atoms with Crippen LogP contribution in [0.2, 0.25) is 5.02 Å². The van der Waals surface area contributed by atoms with Gasteiger partial charge >= 0.3 is 0 Å². The summed E-state index contributed by atoms with van der Waals surface area (Å²) in [7, 11) is -3.99. The van der Waals surface area contributed by atoms with Crippen molar-refractivity contribution >= 4 is 50.9 Å². The quantitative estimate of drug-likeness (QED) is 0.371. The minimum atomic E-state index is -3.99. The van der Waals surface area contributed by atoms with Gasteiger partial charge in [-0.2, -0.15) is 0 Å². The highest BCUT2D eigenvalue weighted by Gasteiger charge is 2.18. The van der Waals surface area contributed by atoms with Crippen molar-refractivity contribution in [3.63, 3.8) is 0 Å². The third-order valence-electron chi connectivity index (χ3n) is 4.02. The van der Waals surface area contributed by atoms with Crippen LogP contribution in [0.3, 0.4) is 0 Å². The third kappa shape index (κ3) is 5.54. The van der Waals surface area contributed by atoms with E-state index in [-0.39, 0.29) is 21.2 Å². The van der Waals surface area contributed by atoms with Gasteiger partial charge in [0.15, 0.2) is 0 Å². The molecular weight excluding hydrogens is 460 g/mol. The Morgan fingerprint density at radius 1 is 0.968 bits per heavy atom. The van der Waals surface area contributed by atoms with Crippen LogP contribution in [0, 0.1) is 0 Å². The largest absolute Gasteiger partial charge is 0.278 e. The Labute approximate surface area is 188 Å². The number of sulfonamides is 1. The molecule has 0 aliphatic rings. The van der Waals surface area contributed by atoms with E-state index in [4.69, 9.17) is 11.6 Å². The molecule has 3 N–H and O–H groups in total. The zero-order valence-electron chi connectivity index (χ0n) is 16.1. The lowest BCUT2D eigenvalue weighted by atomic mass is 10.2. The molecule has 0 fully saturated rings. The van der Waals surface area contributed by atoms with Gasteiger partial charge < -0.3 is 0 Å². The second-order valence-electron chi connectivity index (χ2n) is 6.08. The number of carbonyl (C=O) groups is 2. The average molecular weight is 477 g/mol. The van der Waals surface area contributed by atoms with Gasteiger partial charge in [-0.1, -0.05) is 29.8 Å². The molecule has 160 valence electrons. The van der Waals surface area contributed by atoms with Crippen LogP contribution in [-0.4, -0.2) is 31.5 Å². The van der Waals surface area contributed by atoms with Crippen LogP contribution in [0.15, 0.2) is 76.8 Å². The van der Waals surface area contributed by atoms with Gasteiger partial charge in [0.1, 0.15) is 5.03 Å². The van der Waals surface area contributed by atoms with Gasteiger partial charge in [0, 0.05) is 11.8 Å². The number of halogens is 1. The summed E-state index contributed by atoms with van der Waals surface area (Å²) in [5, 5.41) is 0.746. The van der Waals surface area contributed by atoms with E-state index in [1.54, 1.807) is 42.8 Å². The first-order valence-electron chi connectivity index (χ1n) is 8.79. The number of hydrogen-bond donors (Lipinski definition) is 3. The highest BCUT2D eigenvalue weighted by molar-refractivity contribution is 7.98. The molecule has 31 heavy (non-hydrogen) atoms. The molecule has 8 nitrogen and oxygen atoms in total. The Morgan fingerprint density at radius 3 is 2.45 bits per heavy atom. The number of rotatable bonds is 6. The molecule has 0 atom stereocenters. The second-order valence-corrected chi connectivity index (χ2v) is 8.97. The van der Waals surface area contributed by atoms with Gasteiger partial charge in [-0.3, -0.25) is 25.2 Å². The summed E-state index contributed by atoms with van der Waals surface area (Å²) in [6.45, 7) is 0. The van der Waals surface area contributed by atoms with Crippen LogP contribution < -0.4 is 15.6 Å². The average Bonchev–Trinajstić information content (AvgIpc) is 2.78. The van der Waals surface area contributed by atoms with Crippen molar-refractivity contribution in [1.29, 1.82) is 0 Å². The number of hydrogen-bond acceptors (Lipinski definition) is 6. The maximum atomic E-state index is 12.7. The number of pyridine rings is 1. The zero-order chi connectivity index (χ0) is 22.4. The molecule has 1 aromatic heterocycles. The molecule has 0 saturated heterocycles. The van der Waals surface area contributed by atoms with Crippen LogP contribution >= 0.6 is 23.4 Å². The molecule has 0 unspecified atom stereocenters. The van der Waals surface area contributed by atoms with Crippen LogP contribution in [-0.2, 0) is 10.0 Å². The molecule has 2 amide bonds. The van der Waals surface area contributed by atoms with Crippen LogP contribution in [0.5, 0.6) is 0 Å². The number of benzene rings is 2. The Bertz CT molecular complexity index is 1240. The Balaban J connectivity index is 1.73. The van der Waals surface area contributed by atoms with Crippen molar-refractivity contribution in [2.75, 3.05) is 11.0 Å². The van der Waals surface area contributed by atoms with Crippen molar-refractivity contribution < 1.29 is 18.0 Å². The number of nitrogens with one attached hydrogen (secondary N) is 3. The predicted octanol–water partition coefficient (Wildman–Crippen LogP) is 3.33. The lowest BCUT2D eigenvalue weighted by Gasteiger charge is -2.11. The summed E-state index contributed by atoms with van der Waals surface area (Å²) in [4.78, 5) is 28.7. The van der Waals surface area contributed by atoms with Crippen LogP contribution in [0.25, 0.3) is 0 Å². The summed E-state index contributed by atoms with van der Waals surface area (Å²) >= 11 is 7.30. The molecule has 0 radical (unpaired) electrons. The van der Waals surface area contributed by atoms with Crippen molar-refractivity contribution in [3.05, 3.63) is 83.0 Å². The molecule has 0 spiro atoms. The number of aromatic nitrogens is 1. The van der Waals surface area contributed by atoms with Crippen molar-refractivity contribution in [2.24, 2.45) is 0 Å². The number of nitrogens with zero attached hydrogens (tertiary/aromatic N) is 1. The molecule has 3 aromatic rings. The van der Waals surface area contributed by atoms with Crippen molar-refractivity contribution in [1.82, 2.24) is 15.8 Å². The van der Waals surface area contributed by atoms with Gasteiger partial charge in [0.05, 0.1) is 21.2 Å². The lowest BCUT2D eigenvalue weighted by Crippen LogP contribution is -2.41. The fourth-order valence-electron chi connectivity index (χ4n) is 2.53. The molecule has 3 rings (SSSR count). The van der Waals surface area contributed by atoms with Crippen molar-refractivity contribution in [2.45, 2.75) is 9.92 Å². The number of para-hydroxylation sites is 1. The number of carbonyl (C=O) groups excluding carboxylic acids is 2. The molecule has 0 aliphatic heterocycles. The van der Waals surface area contributed by atoms with Crippen LogP contribution in [0.4, 0.5) is 5.69 Å². The monoisotopic (exact) mass is 476 g/mol. The lowest BCUT2D eigenvalue weighted by molar-refractivity contribution is 0.0844. The highest BCUT2D eigenvalue weighted by Crippen LogP contribution is 2.24. The summed E-state index contributed by atoms with van der Waals surface area (Å²) in [5.41, 5.74) is 5.13. The van der Waals surface area contributed by atoms with Gasteiger partial charge in [0.25, 0.3) is 21.8 Å². The van der Waals surface area contributed by atoms with Crippen LogP contribution in [0.1, 0.15) is 20.7 Å². The molecule has 0 aliphatic carbocycles. The fraction of sp³-hybridized carbons (Fsp3) is 0.0500. The van der Waals surface area contributed by atoms with E-state index >= 15 is 0 Å². The first-order valence-corrected chi connectivity index (χ1v) is 11.9. The summed E-state index contributed by atoms with van der Waals surface area (Å²) in [6.07, 6.45) is 3.34. The van der Waals surface area contributed by atoms with E-state index in [0.29, 0.717) is 10.6 Å². The summed E-state index contributed by atoms with van der Waals surface area (Å²) in [6, 6.07) is 15.0. The van der Waals surface area contributed by atoms with E-state index in [9.17, 15) is 18.0 Å². The zero-order valence-corrected chi connectivity index (χ0v) is 18.5. The third-order valence-corrected chi connectivity index (χ3v) is 6.43. The molecular formula is C20H17ClN4O4S2. The first kappa shape index (κ1) is 22.6. The van der Waals surface area contributed by atoms with E-state index in [2.05, 4.69) is 20.6 Å². The minimum Gasteiger partial charge on any atom is -0.278 e. The number of hydrazine groups is 1. The second kappa shape index (κ2) is 9.82. The Morgan fingerprint density at radius 2 is 1.71 bits per heavy atom. The van der Waals surface area contributed by atoms with E-state index in [0.717, 1.165) is 0 Å². The number of amides is 2. The molecule has 11 heteroatoms. The number of anilines is 1. The molecule has 1 heterocycles. The predicted molar refractivity (Wildman–Crippen MR) is 120 cm³/mol. The van der Waals surface area contributed by atoms with Crippen molar-refractivity contribution in [3.8, 4) is 0 Å². The first-order chi connectivity index (χ1) is 14.8. The smallest absolute Gasteiger partial charge is 0.272 e. The maximum absolute atomic E-state index is 12.7. The van der Waals surface area contributed by atoms with E-state index < -0.39 is 21.8 Å². The highest BCUT2D eigenvalue weighted by atomic mass is 35.5. The SMILES string of the molecule is CSc1ncccc1C(=O)NNC(=O)c1cccc(S(=O)(=O)Nc2ccccc2Cl)c1. The topological polar surface area (TPSA) is 117 Å². The standard InChI is InChI=1S/C20H17ClN4O4S2/c1-30-20-15(8-5-11-22-20)19(27)24-23-18(26)13-6-4-7-14(12-13)31(28,29)25-17-10-3-2-9-16(17)21/h2-12,25H,1H3,(H,23,26)(H,24,27). The maximum Gasteiger partial charge on any atom is 0.272 e. The normalized spacial score (nSPS) is 10.9. The molecule has 0 bridgehead atoms. The molecule has 0 saturated carbocycles. The number of thioether (sulfide) groups is 1. The van der Waals surface area contributed by atoms with E-state index in [1.165, 1.54) is 42.1 Å². The summed E-state index contributed by atoms with van der Waals surface area (Å²) in [5.74, 6) is -1.23. The van der Waals surface area contributed by atoms with Gasteiger partial charge in [-0.05, 0) is 48.7 Å². The molecule has 2 aromatic carbocycles. The van der Waals surface area contributed by atoms with Gasteiger partial charge in [0.2, 0.25) is 0 Å². The van der Waals surface area contributed by atoms with Gasteiger partial charge in [-0.25, -0.2) is 13.4 Å². The van der Waals surface area contributed by atoms with Gasteiger partial charge in [-0.15, -0.1) is 11.8 Å². The minimum absolute atomic E-state index is 0.0404.